The number of hydrogen-bond acceptors (Lipinski definition) is 6. The number of rotatable bonds is 16. The van der Waals surface area contributed by atoms with Gasteiger partial charge in [-0.3, -0.25) is 4.79 Å². The van der Waals surface area contributed by atoms with Gasteiger partial charge < -0.3 is 21.5 Å². The molecule has 2 atom stereocenters. The first-order chi connectivity index (χ1) is 20.1. The molecule has 228 valence electrons. The lowest BCUT2D eigenvalue weighted by Gasteiger charge is -2.31. The van der Waals surface area contributed by atoms with Crippen LogP contribution in [0.2, 0.25) is 0 Å². The van der Waals surface area contributed by atoms with Crippen molar-refractivity contribution in [1.82, 2.24) is 14.9 Å². The molecule has 5 N–H and O–H groups in total. The molecule has 0 aliphatic heterocycles. The van der Waals surface area contributed by atoms with E-state index in [0.29, 0.717) is 25.8 Å². The number of nitrogens with one attached hydrogen (secondary N) is 2. The first-order valence-corrected chi connectivity index (χ1v) is 15.8. The minimum atomic E-state index is -4.08. The van der Waals surface area contributed by atoms with Gasteiger partial charge in [0, 0.05) is 25.0 Å². The van der Waals surface area contributed by atoms with Crippen molar-refractivity contribution < 1.29 is 22.7 Å². The van der Waals surface area contributed by atoms with Gasteiger partial charge in [-0.05, 0) is 55.1 Å². The van der Waals surface area contributed by atoms with E-state index in [1.54, 1.807) is 7.05 Å². The lowest BCUT2D eigenvalue weighted by Crippen LogP contribution is -2.47. The Bertz CT molecular complexity index is 1330. The number of aliphatic hydroxyl groups is 1. The van der Waals surface area contributed by atoms with Crippen LogP contribution < -0.4 is 16.4 Å². The molecule has 3 aromatic carbocycles. The van der Waals surface area contributed by atoms with Gasteiger partial charge in [0.25, 0.3) is 0 Å². The van der Waals surface area contributed by atoms with Crippen molar-refractivity contribution in [2.75, 3.05) is 32.5 Å². The van der Waals surface area contributed by atoms with Gasteiger partial charge in [0.15, 0.2) is 0 Å². The Morgan fingerprint density at radius 1 is 0.976 bits per heavy atom. The molecule has 0 heterocycles. The van der Waals surface area contributed by atoms with Crippen LogP contribution in [0.15, 0.2) is 83.8 Å². The van der Waals surface area contributed by atoms with E-state index >= 15 is 0 Å². The molecule has 3 aromatic rings. The lowest BCUT2D eigenvalue weighted by molar-refractivity contribution is -0.123. The molecule has 8 nitrogen and oxygen atoms in total. The van der Waals surface area contributed by atoms with Crippen LogP contribution in [-0.4, -0.2) is 62.6 Å². The number of carbonyl (C=O) groups is 1. The van der Waals surface area contributed by atoms with Crippen molar-refractivity contribution in [3.63, 3.8) is 0 Å². The van der Waals surface area contributed by atoms with Gasteiger partial charge >= 0.3 is 0 Å². The molecule has 1 amide bonds. The summed E-state index contributed by atoms with van der Waals surface area (Å²) in [6.45, 7) is 3.94. The number of nitrogens with zero attached hydrogens (tertiary/aromatic N) is 1. The highest BCUT2D eigenvalue weighted by molar-refractivity contribution is 7.89. The standard InChI is InChI=1S/C32H43FN4O4S/c1-23(2)21-37(42(40,41)27-17-18-29(34)28(33)20-27)26(22-38)16-10-11-19-36-32(39)31(35-3)30(24-12-6-4-7-13-24)25-14-8-5-9-15-25/h4-9,12-15,17-18,20,23,26,30-31,35,38H,10-11,16,19,21-22,34H2,1-3H3,(H,36,39)/t26-,31-/m0/s1. The monoisotopic (exact) mass is 598 g/mol. The summed E-state index contributed by atoms with van der Waals surface area (Å²) in [5.74, 6) is -1.15. The number of aliphatic hydroxyl groups excluding tert-OH is 1. The fourth-order valence-electron chi connectivity index (χ4n) is 5.11. The van der Waals surface area contributed by atoms with Crippen molar-refractivity contribution in [3.05, 3.63) is 95.8 Å². The Morgan fingerprint density at radius 3 is 2.07 bits per heavy atom. The first-order valence-electron chi connectivity index (χ1n) is 14.3. The molecular weight excluding hydrogens is 555 g/mol. The van der Waals surface area contributed by atoms with Gasteiger partial charge in [0.2, 0.25) is 15.9 Å². The summed E-state index contributed by atoms with van der Waals surface area (Å²) in [6.07, 6.45) is 1.53. The summed E-state index contributed by atoms with van der Waals surface area (Å²) in [5.41, 5.74) is 7.45. The van der Waals surface area contributed by atoms with Gasteiger partial charge in [-0.25, -0.2) is 12.8 Å². The van der Waals surface area contributed by atoms with E-state index in [-0.39, 0.29) is 41.5 Å². The maximum atomic E-state index is 14.1. The fraction of sp³-hybridized carbons (Fsp3) is 0.406. The highest BCUT2D eigenvalue weighted by Crippen LogP contribution is 2.28. The zero-order valence-corrected chi connectivity index (χ0v) is 25.4. The van der Waals surface area contributed by atoms with E-state index in [1.807, 2.05) is 74.5 Å². The molecule has 0 saturated carbocycles. The van der Waals surface area contributed by atoms with Crippen LogP contribution in [0.4, 0.5) is 10.1 Å². The highest BCUT2D eigenvalue weighted by Gasteiger charge is 2.32. The second-order valence-corrected chi connectivity index (χ2v) is 12.7. The summed E-state index contributed by atoms with van der Waals surface area (Å²) >= 11 is 0. The van der Waals surface area contributed by atoms with Crippen molar-refractivity contribution in [2.24, 2.45) is 5.92 Å². The maximum Gasteiger partial charge on any atom is 0.243 e. The minimum absolute atomic E-state index is 0.0209. The van der Waals surface area contributed by atoms with E-state index in [0.717, 1.165) is 17.2 Å². The molecule has 0 bridgehead atoms. The van der Waals surface area contributed by atoms with E-state index in [4.69, 9.17) is 5.73 Å². The third kappa shape index (κ3) is 8.61. The number of benzene rings is 3. The molecule has 0 aliphatic carbocycles. The average Bonchev–Trinajstić information content (AvgIpc) is 2.98. The summed E-state index contributed by atoms with van der Waals surface area (Å²) in [5, 5.41) is 16.4. The first kappa shape index (κ1) is 33.2. The van der Waals surface area contributed by atoms with Crippen molar-refractivity contribution >= 4 is 21.6 Å². The minimum Gasteiger partial charge on any atom is -0.396 e. The third-order valence-corrected chi connectivity index (χ3v) is 9.16. The SMILES string of the molecule is CN[C@H](C(=O)NCCCC[C@@H](CO)N(CC(C)C)S(=O)(=O)c1ccc(N)c(F)c1)C(c1ccccc1)c1ccccc1. The largest absolute Gasteiger partial charge is 0.396 e. The predicted molar refractivity (Wildman–Crippen MR) is 165 cm³/mol. The summed E-state index contributed by atoms with van der Waals surface area (Å²) in [6, 6.07) is 22.0. The lowest BCUT2D eigenvalue weighted by atomic mass is 9.84. The number of halogens is 1. The molecule has 0 radical (unpaired) electrons. The number of unbranched alkanes of at least 4 members (excludes halogenated alkanes) is 1. The molecule has 3 rings (SSSR count). The Labute approximate surface area is 249 Å². The van der Waals surface area contributed by atoms with Crippen molar-refractivity contribution in [2.45, 2.75) is 56.0 Å². The fourth-order valence-corrected chi connectivity index (χ4v) is 6.93. The van der Waals surface area contributed by atoms with E-state index in [1.165, 1.54) is 16.4 Å². The number of amides is 1. The van der Waals surface area contributed by atoms with Gasteiger partial charge in [-0.15, -0.1) is 0 Å². The zero-order valence-electron chi connectivity index (χ0n) is 24.5. The molecule has 0 aromatic heterocycles. The predicted octanol–water partition coefficient (Wildman–Crippen LogP) is 4.12. The Hall–Kier alpha value is -3.31. The number of likely N-dealkylation sites (N-methyl/N-ethyl adjacent to an activating group) is 1. The van der Waals surface area contributed by atoms with Crippen LogP contribution >= 0.6 is 0 Å². The Kier molecular flexibility index (Phi) is 12.5. The quantitative estimate of drug-likeness (QED) is 0.145. The number of carbonyl (C=O) groups excluding carboxylic acids is 1. The second kappa shape index (κ2) is 15.8. The molecule has 0 saturated heterocycles. The smallest absolute Gasteiger partial charge is 0.243 e. The molecule has 0 spiro atoms. The van der Waals surface area contributed by atoms with E-state index in [9.17, 15) is 22.7 Å². The van der Waals surface area contributed by atoms with Gasteiger partial charge in [-0.2, -0.15) is 4.31 Å². The van der Waals surface area contributed by atoms with Crippen LogP contribution in [-0.2, 0) is 14.8 Å². The second-order valence-electron chi connectivity index (χ2n) is 10.8. The topological polar surface area (TPSA) is 125 Å². The van der Waals surface area contributed by atoms with Crippen LogP contribution in [0.3, 0.4) is 0 Å². The Balaban J connectivity index is 1.65. The van der Waals surface area contributed by atoms with Gasteiger partial charge in [0.05, 0.1) is 23.2 Å². The molecule has 10 heteroatoms. The van der Waals surface area contributed by atoms with E-state index < -0.39 is 27.9 Å². The normalized spacial score (nSPS) is 13.4. The van der Waals surface area contributed by atoms with Crippen molar-refractivity contribution in [3.8, 4) is 0 Å². The molecule has 0 fully saturated rings. The van der Waals surface area contributed by atoms with Gasteiger partial charge in [0.1, 0.15) is 5.82 Å². The molecule has 0 unspecified atom stereocenters. The molecule has 42 heavy (non-hydrogen) atoms. The highest BCUT2D eigenvalue weighted by atomic mass is 32.2. The number of nitrogens with two attached hydrogens (primary N) is 1. The van der Waals surface area contributed by atoms with Crippen LogP contribution in [0.1, 0.15) is 50.2 Å². The third-order valence-electron chi connectivity index (χ3n) is 7.25. The summed E-state index contributed by atoms with van der Waals surface area (Å²) < 4.78 is 42.3. The summed E-state index contributed by atoms with van der Waals surface area (Å²) in [7, 11) is -2.31. The number of hydrogen-bond donors (Lipinski definition) is 4. The van der Waals surface area contributed by atoms with Crippen LogP contribution in [0.25, 0.3) is 0 Å². The zero-order chi connectivity index (χ0) is 30.7. The van der Waals surface area contributed by atoms with Crippen molar-refractivity contribution in [1.29, 1.82) is 0 Å². The average molecular weight is 599 g/mol. The van der Waals surface area contributed by atoms with E-state index in [2.05, 4.69) is 10.6 Å². The van der Waals surface area contributed by atoms with Gasteiger partial charge in [-0.1, -0.05) is 80.9 Å². The summed E-state index contributed by atoms with van der Waals surface area (Å²) in [4.78, 5) is 13.1. The Morgan fingerprint density at radius 2 is 1.57 bits per heavy atom. The maximum absolute atomic E-state index is 14.1. The number of nitrogen functional groups attached to an aromatic ring is 1. The molecule has 0 aliphatic rings. The van der Waals surface area contributed by atoms with Crippen LogP contribution in [0, 0.1) is 11.7 Å². The number of anilines is 1. The van der Waals surface area contributed by atoms with Crippen LogP contribution in [0.5, 0.6) is 0 Å². The molecular formula is C32H43FN4O4S. The number of sulfonamides is 1.